The molecule has 6 nitrogen and oxygen atoms in total. The van der Waals surface area contributed by atoms with Gasteiger partial charge in [0.15, 0.2) is 0 Å². The molecule has 0 spiro atoms. The highest BCUT2D eigenvalue weighted by atomic mass is 35.5. The SMILES string of the molecule is C=C(C)C(=O)OCCc1cc(C(C)(C)C)cc(-c2c(Cl)ccc3[nH]nnc23)c1O. The van der Waals surface area contributed by atoms with Gasteiger partial charge in [0.25, 0.3) is 0 Å². The summed E-state index contributed by atoms with van der Waals surface area (Å²) >= 11 is 6.49. The number of carbonyl (C=O) groups is 1. The number of carbonyl (C=O) groups excluding carboxylic acids is 1. The number of ether oxygens (including phenoxy) is 1. The summed E-state index contributed by atoms with van der Waals surface area (Å²) in [5.41, 5.74) is 4.34. The normalized spacial score (nSPS) is 11.6. The number of benzene rings is 2. The molecule has 0 unspecified atom stereocenters. The maximum absolute atomic E-state index is 11.7. The van der Waals surface area contributed by atoms with Crippen molar-refractivity contribution in [2.24, 2.45) is 0 Å². The minimum Gasteiger partial charge on any atom is -0.507 e. The molecule has 29 heavy (non-hydrogen) atoms. The molecule has 1 aromatic heterocycles. The standard InChI is InChI=1S/C22H24ClN3O3/c1-12(2)21(28)29-9-8-13-10-14(22(3,4)5)11-15(20(13)27)18-16(23)6-7-17-19(18)25-26-24-17/h6-7,10-11,27H,1,8-9H2,2-5H3,(H,24,25,26). The first-order chi connectivity index (χ1) is 13.6. The highest BCUT2D eigenvalue weighted by Crippen LogP contribution is 2.42. The monoisotopic (exact) mass is 413 g/mol. The van der Waals surface area contributed by atoms with Gasteiger partial charge in [-0.05, 0) is 41.7 Å². The molecule has 0 fully saturated rings. The van der Waals surface area contributed by atoms with Crippen molar-refractivity contribution in [3.8, 4) is 16.9 Å². The van der Waals surface area contributed by atoms with E-state index in [1.54, 1.807) is 19.1 Å². The van der Waals surface area contributed by atoms with Crippen molar-refractivity contribution >= 4 is 28.6 Å². The fourth-order valence-electron chi connectivity index (χ4n) is 3.03. The molecule has 0 radical (unpaired) electrons. The van der Waals surface area contributed by atoms with Gasteiger partial charge in [-0.1, -0.05) is 50.2 Å². The van der Waals surface area contributed by atoms with Crippen LogP contribution in [-0.2, 0) is 21.4 Å². The lowest BCUT2D eigenvalue weighted by Crippen LogP contribution is -2.13. The first kappa shape index (κ1) is 20.9. The summed E-state index contributed by atoms with van der Waals surface area (Å²) in [6.45, 7) is 11.6. The molecular formula is C22H24ClN3O3. The summed E-state index contributed by atoms with van der Waals surface area (Å²) in [4.78, 5) is 11.7. The van der Waals surface area contributed by atoms with E-state index in [1.807, 2.05) is 12.1 Å². The first-order valence-electron chi connectivity index (χ1n) is 9.28. The largest absolute Gasteiger partial charge is 0.507 e. The second kappa shape index (κ2) is 7.87. The molecule has 7 heteroatoms. The summed E-state index contributed by atoms with van der Waals surface area (Å²) < 4.78 is 5.21. The van der Waals surface area contributed by atoms with Crippen molar-refractivity contribution in [3.63, 3.8) is 0 Å². The molecule has 3 rings (SSSR count). The minimum atomic E-state index is -0.452. The van der Waals surface area contributed by atoms with Gasteiger partial charge in [0.1, 0.15) is 11.3 Å². The zero-order valence-electron chi connectivity index (χ0n) is 17.0. The number of halogens is 1. The van der Waals surface area contributed by atoms with Gasteiger partial charge in [-0.25, -0.2) is 4.79 Å². The number of aromatic hydroxyl groups is 1. The van der Waals surface area contributed by atoms with Crippen LogP contribution in [0.1, 0.15) is 38.8 Å². The topological polar surface area (TPSA) is 88.1 Å². The van der Waals surface area contributed by atoms with Crippen molar-refractivity contribution < 1.29 is 14.6 Å². The fraction of sp³-hybridized carbons (Fsp3) is 0.318. The van der Waals surface area contributed by atoms with Crippen molar-refractivity contribution in [2.75, 3.05) is 6.61 Å². The average molecular weight is 414 g/mol. The lowest BCUT2D eigenvalue weighted by atomic mass is 9.83. The Balaban J connectivity index is 2.11. The Morgan fingerprint density at radius 1 is 1.31 bits per heavy atom. The number of aromatic nitrogens is 3. The molecule has 0 aliphatic rings. The van der Waals surface area contributed by atoms with Crippen LogP contribution < -0.4 is 0 Å². The Morgan fingerprint density at radius 3 is 2.69 bits per heavy atom. The third-order valence-corrected chi connectivity index (χ3v) is 5.04. The molecule has 2 N–H and O–H groups in total. The van der Waals surface area contributed by atoms with E-state index in [-0.39, 0.29) is 17.8 Å². The van der Waals surface area contributed by atoms with Crippen LogP contribution in [0.3, 0.4) is 0 Å². The number of nitrogens with zero attached hydrogens (tertiary/aromatic N) is 2. The quantitative estimate of drug-likeness (QED) is 0.456. The summed E-state index contributed by atoms with van der Waals surface area (Å²) in [5.74, 6) is -0.367. The number of phenols is 1. The summed E-state index contributed by atoms with van der Waals surface area (Å²) in [6.07, 6.45) is 0.355. The molecule has 0 bridgehead atoms. The Kier molecular flexibility index (Phi) is 5.66. The van der Waals surface area contributed by atoms with Gasteiger partial charge >= 0.3 is 5.97 Å². The highest BCUT2D eigenvalue weighted by Gasteiger charge is 2.23. The first-order valence-corrected chi connectivity index (χ1v) is 9.66. The van der Waals surface area contributed by atoms with Crippen LogP contribution in [0.15, 0.2) is 36.4 Å². The molecule has 2 aromatic carbocycles. The van der Waals surface area contributed by atoms with E-state index >= 15 is 0 Å². The Hall–Kier alpha value is -2.86. The van der Waals surface area contributed by atoms with Gasteiger partial charge in [-0.2, -0.15) is 0 Å². The van der Waals surface area contributed by atoms with Crippen molar-refractivity contribution in [1.29, 1.82) is 0 Å². The number of rotatable bonds is 5. The van der Waals surface area contributed by atoms with Crippen LogP contribution in [-0.4, -0.2) is 33.1 Å². The molecule has 0 amide bonds. The van der Waals surface area contributed by atoms with Gasteiger partial charge in [-0.3, -0.25) is 5.10 Å². The fourth-order valence-corrected chi connectivity index (χ4v) is 3.29. The van der Waals surface area contributed by atoms with Crippen molar-refractivity contribution in [3.05, 3.63) is 52.6 Å². The molecule has 152 valence electrons. The number of phenolic OH excluding ortho intramolecular Hbond substituents is 1. The van der Waals surface area contributed by atoms with Crippen molar-refractivity contribution in [1.82, 2.24) is 15.4 Å². The van der Waals surface area contributed by atoms with Crippen molar-refractivity contribution in [2.45, 2.75) is 39.5 Å². The molecule has 0 atom stereocenters. The van der Waals surface area contributed by atoms with E-state index in [4.69, 9.17) is 16.3 Å². The van der Waals surface area contributed by atoms with Gasteiger partial charge in [0, 0.05) is 23.1 Å². The molecular weight excluding hydrogens is 390 g/mol. The third-order valence-electron chi connectivity index (χ3n) is 4.72. The second-order valence-electron chi connectivity index (χ2n) is 8.08. The molecule has 1 heterocycles. The van der Waals surface area contributed by atoms with Crippen LogP contribution in [0.2, 0.25) is 5.02 Å². The number of nitrogens with one attached hydrogen (secondary N) is 1. The molecule has 0 aliphatic carbocycles. The van der Waals surface area contributed by atoms with Gasteiger partial charge in [0.2, 0.25) is 0 Å². The van der Waals surface area contributed by atoms with Crippen LogP contribution in [0.4, 0.5) is 0 Å². The minimum absolute atomic E-state index is 0.0850. The number of H-pyrrole nitrogens is 1. The Labute approximate surface area is 174 Å². The van der Waals surface area contributed by atoms with E-state index in [1.165, 1.54) is 0 Å². The lowest BCUT2D eigenvalue weighted by molar-refractivity contribution is -0.138. The van der Waals surface area contributed by atoms with Gasteiger partial charge < -0.3 is 9.84 Å². The van der Waals surface area contributed by atoms with Gasteiger partial charge in [0.05, 0.1) is 17.1 Å². The molecule has 0 aliphatic heterocycles. The van der Waals surface area contributed by atoms with E-state index in [0.29, 0.717) is 39.2 Å². The predicted octanol–water partition coefficient (Wildman–Crippen LogP) is 4.94. The number of fused-ring (bicyclic) bond motifs is 1. The van der Waals surface area contributed by atoms with Crippen LogP contribution in [0.5, 0.6) is 5.75 Å². The lowest BCUT2D eigenvalue weighted by Gasteiger charge is -2.23. The highest BCUT2D eigenvalue weighted by molar-refractivity contribution is 6.35. The number of esters is 1. The summed E-state index contributed by atoms with van der Waals surface area (Å²) in [5, 5.41) is 22.3. The van der Waals surface area contributed by atoms with E-state index in [2.05, 4.69) is 42.8 Å². The Bertz CT molecular complexity index is 1100. The third kappa shape index (κ3) is 4.27. The second-order valence-corrected chi connectivity index (χ2v) is 8.49. The van der Waals surface area contributed by atoms with E-state index < -0.39 is 5.97 Å². The molecule has 0 saturated heterocycles. The smallest absolute Gasteiger partial charge is 0.333 e. The number of aromatic amines is 1. The van der Waals surface area contributed by atoms with E-state index in [0.717, 1.165) is 11.1 Å². The molecule has 3 aromatic rings. The Morgan fingerprint density at radius 2 is 2.03 bits per heavy atom. The maximum Gasteiger partial charge on any atom is 0.333 e. The van der Waals surface area contributed by atoms with Crippen LogP contribution in [0.25, 0.3) is 22.2 Å². The van der Waals surface area contributed by atoms with Crippen LogP contribution in [0, 0.1) is 0 Å². The number of hydrogen-bond acceptors (Lipinski definition) is 5. The maximum atomic E-state index is 11.7. The number of hydrogen-bond donors (Lipinski definition) is 2. The average Bonchev–Trinajstić information content (AvgIpc) is 3.11. The zero-order valence-corrected chi connectivity index (χ0v) is 17.7. The summed E-state index contributed by atoms with van der Waals surface area (Å²) in [6, 6.07) is 7.40. The zero-order chi connectivity index (χ0) is 21.3. The molecule has 0 saturated carbocycles. The van der Waals surface area contributed by atoms with E-state index in [9.17, 15) is 9.90 Å². The predicted molar refractivity (Wildman–Crippen MR) is 114 cm³/mol. The summed E-state index contributed by atoms with van der Waals surface area (Å²) in [7, 11) is 0. The van der Waals surface area contributed by atoms with Crippen LogP contribution >= 0.6 is 11.6 Å². The van der Waals surface area contributed by atoms with Gasteiger partial charge in [-0.15, -0.1) is 5.10 Å².